The van der Waals surface area contributed by atoms with Gasteiger partial charge in [0.15, 0.2) is 0 Å². The van der Waals surface area contributed by atoms with Crippen LogP contribution < -0.4 is 11.0 Å². The molecule has 0 bridgehead atoms. The molecule has 0 saturated carbocycles. The number of imidazole rings is 1. The molecule has 3 amide bonds. The Bertz CT molecular complexity index is 1580. The molecule has 11 nitrogen and oxygen atoms in total. The summed E-state index contributed by atoms with van der Waals surface area (Å²) in [6.45, 7) is 3.40. The number of rotatable bonds is 7. The number of amides is 3. The quantitative estimate of drug-likeness (QED) is 0.340. The van der Waals surface area contributed by atoms with E-state index in [1.165, 1.54) is 9.13 Å². The largest absolute Gasteiger partial charge is 0.445 e. The minimum Gasteiger partial charge on any atom is -0.445 e. The summed E-state index contributed by atoms with van der Waals surface area (Å²) in [5.74, 6) is 5.64. The highest BCUT2D eigenvalue weighted by atomic mass is 16.6. The lowest BCUT2D eigenvalue weighted by Gasteiger charge is -2.32. The molecule has 0 aliphatic carbocycles. The van der Waals surface area contributed by atoms with E-state index in [-0.39, 0.29) is 36.8 Å². The van der Waals surface area contributed by atoms with E-state index in [4.69, 9.17) is 9.47 Å². The summed E-state index contributed by atoms with van der Waals surface area (Å²) >= 11 is 0. The second kappa shape index (κ2) is 13.1. The van der Waals surface area contributed by atoms with Crippen molar-refractivity contribution in [3.05, 3.63) is 70.1 Å². The monoisotopic (exact) mass is 573 g/mol. The Morgan fingerprint density at radius 2 is 1.95 bits per heavy atom. The number of aryl methyl sites for hydroxylation is 1. The third-order valence-corrected chi connectivity index (χ3v) is 7.67. The summed E-state index contributed by atoms with van der Waals surface area (Å²) < 4.78 is 14.3. The molecular formula is C31H35N5O6. The van der Waals surface area contributed by atoms with E-state index in [1.807, 2.05) is 42.5 Å². The molecule has 1 N–H and O–H groups in total. The number of hydrogen-bond donors (Lipinski definition) is 1. The van der Waals surface area contributed by atoms with Gasteiger partial charge in [-0.15, -0.1) is 0 Å². The molecule has 2 atom stereocenters. The smallest absolute Gasteiger partial charge is 0.409 e. The number of imide groups is 1. The molecule has 220 valence electrons. The average molecular weight is 574 g/mol. The van der Waals surface area contributed by atoms with Gasteiger partial charge in [0.25, 0.3) is 0 Å². The van der Waals surface area contributed by atoms with Crippen molar-refractivity contribution < 1.29 is 23.9 Å². The first kappa shape index (κ1) is 29.1. The van der Waals surface area contributed by atoms with E-state index < -0.39 is 11.9 Å². The highest BCUT2D eigenvalue weighted by molar-refractivity contribution is 6.00. The summed E-state index contributed by atoms with van der Waals surface area (Å²) in [5.41, 5.74) is 2.71. The van der Waals surface area contributed by atoms with E-state index >= 15 is 0 Å². The molecule has 2 aliphatic rings. The highest BCUT2D eigenvalue weighted by Crippen LogP contribution is 2.23. The Morgan fingerprint density at radius 3 is 2.74 bits per heavy atom. The van der Waals surface area contributed by atoms with Gasteiger partial charge in [0.2, 0.25) is 11.8 Å². The fourth-order valence-electron chi connectivity index (χ4n) is 5.28. The number of nitrogens with zero attached hydrogens (tertiary/aromatic N) is 4. The lowest BCUT2D eigenvalue weighted by molar-refractivity contribution is -0.135. The standard InChI is InChI=1S/C31H35N5O6/c1-33(31(40)42-21-23-7-4-3-5-8-23)16-14-24-20-35(17-18-41-24)15-6-9-22-10-11-25-27(19-22)34(2)30(39)36(25)26-12-13-28(37)32-29(26)38/h3-5,7-8,10-11,19,24,26H,12-18,20-21H2,1-2H3,(H,32,37,38)/t24-,26?/m0/s1. The number of carbonyl (C=O) groups excluding carboxylic acids is 3. The van der Waals surface area contributed by atoms with Crippen molar-refractivity contribution in [1.29, 1.82) is 0 Å². The zero-order valence-electron chi connectivity index (χ0n) is 23.9. The topological polar surface area (TPSA) is 115 Å². The Hall–Kier alpha value is -4.40. The average Bonchev–Trinajstić information content (AvgIpc) is 3.24. The third-order valence-electron chi connectivity index (χ3n) is 7.67. The predicted molar refractivity (Wildman–Crippen MR) is 156 cm³/mol. The first-order chi connectivity index (χ1) is 20.3. The van der Waals surface area contributed by atoms with Crippen molar-refractivity contribution in [2.24, 2.45) is 7.05 Å². The summed E-state index contributed by atoms with van der Waals surface area (Å²) in [7, 11) is 3.39. The maximum Gasteiger partial charge on any atom is 0.409 e. The number of nitrogens with one attached hydrogen (secondary N) is 1. The zero-order valence-corrected chi connectivity index (χ0v) is 23.9. The van der Waals surface area contributed by atoms with Gasteiger partial charge in [0, 0.05) is 45.7 Å². The van der Waals surface area contributed by atoms with Crippen molar-refractivity contribution in [2.45, 2.75) is 38.0 Å². The molecule has 42 heavy (non-hydrogen) atoms. The van der Waals surface area contributed by atoms with Crippen molar-refractivity contribution in [3.63, 3.8) is 0 Å². The second-order valence-corrected chi connectivity index (χ2v) is 10.7. The van der Waals surface area contributed by atoms with Gasteiger partial charge in [-0.25, -0.2) is 9.59 Å². The maximum atomic E-state index is 13.0. The van der Waals surface area contributed by atoms with Gasteiger partial charge < -0.3 is 14.4 Å². The Balaban J connectivity index is 1.14. The summed E-state index contributed by atoms with van der Waals surface area (Å²) in [6, 6.07) is 14.4. The molecule has 2 aliphatic heterocycles. The number of benzene rings is 2. The normalized spacial score (nSPS) is 19.2. The van der Waals surface area contributed by atoms with Crippen molar-refractivity contribution >= 4 is 28.9 Å². The number of hydrogen-bond acceptors (Lipinski definition) is 7. The van der Waals surface area contributed by atoms with Gasteiger partial charge in [-0.05, 0) is 36.6 Å². The van der Waals surface area contributed by atoms with Gasteiger partial charge >= 0.3 is 11.8 Å². The van der Waals surface area contributed by atoms with E-state index in [0.29, 0.717) is 50.1 Å². The fourth-order valence-corrected chi connectivity index (χ4v) is 5.28. The summed E-state index contributed by atoms with van der Waals surface area (Å²) in [5, 5.41) is 2.33. The van der Waals surface area contributed by atoms with E-state index in [2.05, 4.69) is 22.1 Å². The second-order valence-electron chi connectivity index (χ2n) is 10.7. The summed E-state index contributed by atoms with van der Waals surface area (Å²) in [4.78, 5) is 53.1. The Labute approximate surface area is 244 Å². The zero-order chi connectivity index (χ0) is 29.6. The van der Waals surface area contributed by atoms with Crippen LogP contribution in [0.3, 0.4) is 0 Å². The van der Waals surface area contributed by atoms with Crippen LogP contribution in [0.25, 0.3) is 11.0 Å². The number of ether oxygens (including phenoxy) is 2. The lowest BCUT2D eigenvalue weighted by atomic mass is 10.1. The fraction of sp³-hybridized carbons (Fsp3) is 0.419. The van der Waals surface area contributed by atoms with Crippen LogP contribution in [-0.2, 0) is 32.7 Å². The van der Waals surface area contributed by atoms with Crippen LogP contribution in [0.15, 0.2) is 53.3 Å². The molecule has 2 aromatic carbocycles. The van der Waals surface area contributed by atoms with E-state index in [1.54, 1.807) is 25.1 Å². The molecule has 2 saturated heterocycles. The van der Waals surface area contributed by atoms with Crippen molar-refractivity contribution in [1.82, 2.24) is 24.3 Å². The highest BCUT2D eigenvalue weighted by Gasteiger charge is 2.31. The minimum atomic E-state index is -0.718. The van der Waals surface area contributed by atoms with Crippen molar-refractivity contribution in [2.75, 3.05) is 39.8 Å². The SMILES string of the molecule is CN(CC[C@H]1CN(CC#Cc2ccc3c(c2)n(C)c(=O)n3C2CCC(=O)NC2=O)CCO1)C(=O)OCc1ccccc1. The van der Waals surface area contributed by atoms with Crippen LogP contribution >= 0.6 is 0 Å². The number of carbonyl (C=O) groups is 3. The molecule has 5 rings (SSSR count). The molecule has 0 spiro atoms. The van der Waals surface area contributed by atoms with Crippen molar-refractivity contribution in [3.8, 4) is 11.8 Å². The van der Waals surface area contributed by atoms with Gasteiger partial charge in [-0.2, -0.15) is 0 Å². The molecule has 3 aromatic rings. The van der Waals surface area contributed by atoms with Gasteiger partial charge in [0.1, 0.15) is 12.6 Å². The Kier molecular flexibility index (Phi) is 9.05. The van der Waals surface area contributed by atoms with Gasteiger partial charge in [0.05, 0.1) is 30.3 Å². The van der Waals surface area contributed by atoms with Crippen LogP contribution in [0.4, 0.5) is 4.79 Å². The van der Waals surface area contributed by atoms with Crippen LogP contribution in [-0.4, -0.2) is 82.8 Å². The molecular weight excluding hydrogens is 538 g/mol. The minimum absolute atomic E-state index is 0.0113. The maximum absolute atomic E-state index is 13.0. The number of fused-ring (bicyclic) bond motifs is 1. The third kappa shape index (κ3) is 6.73. The van der Waals surface area contributed by atoms with Crippen LogP contribution in [0.2, 0.25) is 0 Å². The van der Waals surface area contributed by atoms with Crippen LogP contribution in [0, 0.1) is 11.8 Å². The molecule has 3 heterocycles. The molecule has 11 heteroatoms. The number of morpholine rings is 1. The predicted octanol–water partition coefficient (Wildman–Crippen LogP) is 2.03. The number of piperidine rings is 1. The number of aromatic nitrogens is 2. The van der Waals surface area contributed by atoms with Crippen LogP contribution in [0.5, 0.6) is 0 Å². The first-order valence-electron chi connectivity index (χ1n) is 14.1. The Morgan fingerprint density at radius 1 is 1.14 bits per heavy atom. The van der Waals surface area contributed by atoms with Gasteiger partial charge in [-0.3, -0.25) is 28.9 Å². The summed E-state index contributed by atoms with van der Waals surface area (Å²) in [6.07, 6.45) is 0.807. The van der Waals surface area contributed by atoms with Crippen LogP contribution in [0.1, 0.15) is 36.4 Å². The molecule has 2 fully saturated rings. The van der Waals surface area contributed by atoms with E-state index in [0.717, 1.165) is 17.7 Å². The molecule has 1 unspecified atom stereocenters. The van der Waals surface area contributed by atoms with E-state index in [9.17, 15) is 19.2 Å². The molecule has 1 aromatic heterocycles. The first-order valence-corrected chi connectivity index (χ1v) is 14.1. The molecule has 0 radical (unpaired) electrons. The lowest BCUT2D eigenvalue weighted by Crippen LogP contribution is -2.44. The van der Waals surface area contributed by atoms with Gasteiger partial charge in [-0.1, -0.05) is 42.2 Å².